The van der Waals surface area contributed by atoms with Gasteiger partial charge < -0.3 is 10.8 Å². The van der Waals surface area contributed by atoms with Crippen LogP contribution in [0.2, 0.25) is 0 Å². The summed E-state index contributed by atoms with van der Waals surface area (Å²) in [5.41, 5.74) is 5.74. The molecular formula is C13H18F3NO. The molecule has 0 amide bonds. The number of alkyl halides is 3. The Kier molecular flexibility index (Phi) is 4.76. The predicted molar refractivity (Wildman–Crippen MR) is 64.0 cm³/mol. The van der Waals surface area contributed by atoms with Gasteiger partial charge in [0.2, 0.25) is 0 Å². The van der Waals surface area contributed by atoms with E-state index in [4.69, 9.17) is 5.73 Å². The zero-order valence-electron chi connectivity index (χ0n) is 10.5. The lowest BCUT2D eigenvalue weighted by Gasteiger charge is -2.19. The van der Waals surface area contributed by atoms with Crippen LogP contribution in [0.4, 0.5) is 13.2 Å². The van der Waals surface area contributed by atoms with Crippen LogP contribution >= 0.6 is 0 Å². The van der Waals surface area contributed by atoms with Gasteiger partial charge in [-0.25, -0.2) is 0 Å². The molecule has 102 valence electrons. The van der Waals surface area contributed by atoms with Gasteiger partial charge >= 0.3 is 6.18 Å². The lowest BCUT2D eigenvalue weighted by molar-refractivity contribution is -0.138. The van der Waals surface area contributed by atoms with Gasteiger partial charge in [-0.3, -0.25) is 0 Å². The van der Waals surface area contributed by atoms with Crippen molar-refractivity contribution in [2.24, 2.45) is 5.73 Å². The number of benzene rings is 1. The number of rotatable bonds is 4. The smallest absolute Gasteiger partial charge is 0.393 e. The van der Waals surface area contributed by atoms with E-state index < -0.39 is 23.9 Å². The van der Waals surface area contributed by atoms with Crippen LogP contribution < -0.4 is 5.73 Å². The maximum atomic E-state index is 12.9. The summed E-state index contributed by atoms with van der Waals surface area (Å²) in [6, 6.07) is 3.57. The monoisotopic (exact) mass is 261 g/mol. The summed E-state index contributed by atoms with van der Waals surface area (Å²) in [6.07, 6.45) is -4.57. The maximum Gasteiger partial charge on any atom is 0.416 e. The Balaban J connectivity index is 3.21. The van der Waals surface area contributed by atoms with Crippen LogP contribution in [-0.2, 0) is 12.6 Å². The van der Waals surface area contributed by atoms with Crippen molar-refractivity contribution >= 4 is 0 Å². The van der Waals surface area contributed by atoms with Crippen molar-refractivity contribution < 1.29 is 18.3 Å². The van der Waals surface area contributed by atoms with Gasteiger partial charge in [-0.05, 0) is 43.9 Å². The third kappa shape index (κ3) is 3.71. The highest BCUT2D eigenvalue weighted by atomic mass is 19.4. The molecule has 0 fully saturated rings. The van der Waals surface area contributed by atoms with Crippen molar-refractivity contribution in [2.45, 2.75) is 45.0 Å². The van der Waals surface area contributed by atoms with E-state index >= 15 is 0 Å². The van der Waals surface area contributed by atoms with E-state index in [-0.39, 0.29) is 18.4 Å². The van der Waals surface area contributed by atoms with E-state index in [9.17, 15) is 18.3 Å². The van der Waals surface area contributed by atoms with Gasteiger partial charge in [0, 0.05) is 6.04 Å². The quantitative estimate of drug-likeness (QED) is 0.875. The highest BCUT2D eigenvalue weighted by molar-refractivity contribution is 5.39. The molecule has 0 saturated carbocycles. The summed E-state index contributed by atoms with van der Waals surface area (Å²) >= 11 is 0. The average Bonchev–Trinajstić information content (AvgIpc) is 2.24. The van der Waals surface area contributed by atoms with E-state index in [1.54, 1.807) is 19.9 Å². The van der Waals surface area contributed by atoms with Crippen molar-refractivity contribution in [1.82, 2.24) is 0 Å². The number of aliphatic hydroxyl groups is 1. The van der Waals surface area contributed by atoms with Gasteiger partial charge in [0.15, 0.2) is 0 Å². The fraction of sp³-hybridized carbons (Fsp3) is 0.538. The largest absolute Gasteiger partial charge is 0.416 e. The second-order valence-corrected chi connectivity index (χ2v) is 4.55. The number of nitrogens with two attached hydrogens (primary N) is 1. The Hall–Kier alpha value is -1.07. The minimum atomic E-state index is -4.39. The van der Waals surface area contributed by atoms with E-state index in [2.05, 4.69) is 0 Å². The number of hydrogen-bond donors (Lipinski definition) is 2. The predicted octanol–water partition coefficient (Wildman–Crippen LogP) is 3.04. The fourth-order valence-electron chi connectivity index (χ4n) is 1.93. The van der Waals surface area contributed by atoms with Crippen LogP contribution in [0.15, 0.2) is 18.2 Å². The minimum absolute atomic E-state index is 0.171. The second-order valence-electron chi connectivity index (χ2n) is 4.55. The van der Waals surface area contributed by atoms with Gasteiger partial charge in [0.05, 0.1) is 11.7 Å². The molecule has 0 bridgehead atoms. The first-order valence-corrected chi connectivity index (χ1v) is 5.86. The molecule has 0 spiro atoms. The number of hydrogen-bond acceptors (Lipinski definition) is 2. The van der Waals surface area contributed by atoms with Crippen molar-refractivity contribution in [1.29, 1.82) is 0 Å². The molecule has 2 atom stereocenters. The molecule has 1 aromatic carbocycles. The highest BCUT2D eigenvalue weighted by Gasteiger charge is 2.34. The SMILES string of the molecule is CC(O)CCc1c([C@@H](C)N)cccc1C(F)(F)F. The molecule has 0 aliphatic heterocycles. The van der Waals surface area contributed by atoms with Crippen LogP contribution in [0, 0.1) is 0 Å². The van der Waals surface area contributed by atoms with Crippen molar-refractivity contribution in [3.63, 3.8) is 0 Å². The molecule has 0 aliphatic carbocycles. The lowest BCUT2D eigenvalue weighted by atomic mass is 9.92. The van der Waals surface area contributed by atoms with Crippen LogP contribution in [-0.4, -0.2) is 11.2 Å². The van der Waals surface area contributed by atoms with Gasteiger partial charge in [0.1, 0.15) is 0 Å². The summed E-state index contributed by atoms with van der Waals surface area (Å²) < 4.78 is 38.7. The summed E-state index contributed by atoms with van der Waals surface area (Å²) in [4.78, 5) is 0. The molecule has 0 radical (unpaired) electrons. The number of aliphatic hydroxyl groups excluding tert-OH is 1. The number of halogens is 3. The van der Waals surface area contributed by atoms with Gasteiger partial charge in [-0.1, -0.05) is 12.1 Å². The van der Waals surface area contributed by atoms with Gasteiger partial charge in [-0.15, -0.1) is 0 Å². The maximum absolute atomic E-state index is 12.9. The summed E-state index contributed by atoms with van der Waals surface area (Å²) in [6.45, 7) is 3.21. The fourth-order valence-corrected chi connectivity index (χ4v) is 1.93. The molecule has 3 N–H and O–H groups in total. The molecular weight excluding hydrogens is 243 g/mol. The Labute approximate surface area is 105 Å². The van der Waals surface area contributed by atoms with Gasteiger partial charge in [-0.2, -0.15) is 13.2 Å². The second kappa shape index (κ2) is 5.71. The Morgan fingerprint density at radius 1 is 1.28 bits per heavy atom. The normalized spacial score (nSPS) is 15.5. The van der Waals surface area contributed by atoms with Crippen molar-refractivity contribution in [2.75, 3.05) is 0 Å². The topological polar surface area (TPSA) is 46.2 Å². The Morgan fingerprint density at radius 2 is 1.89 bits per heavy atom. The minimum Gasteiger partial charge on any atom is -0.393 e. The Morgan fingerprint density at radius 3 is 2.33 bits per heavy atom. The summed E-state index contributed by atoms with van der Waals surface area (Å²) in [7, 11) is 0. The van der Waals surface area contributed by atoms with Crippen molar-refractivity contribution in [3.05, 3.63) is 34.9 Å². The zero-order chi connectivity index (χ0) is 13.9. The van der Waals surface area contributed by atoms with E-state index in [1.165, 1.54) is 6.07 Å². The third-order valence-corrected chi connectivity index (χ3v) is 2.82. The summed E-state index contributed by atoms with van der Waals surface area (Å²) in [5, 5.41) is 9.22. The molecule has 2 nitrogen and oxygen atoms in total. The average molecular weight is 261 g/mol. The molecule has 0 heterocycles. The molecule has 1 unspecified atom stereocenters. The van der Waals surface area contributed by atoms with Crippen LogP contribution in [0.3, 0.4) is 0 Å². The van der Waals surface area contributed by atoms with E-state index in [0.717, 1.165) is 6.07 Å². The first-order chi connectivity index (χ1) is 8.23. The zero-order valence-corrected chi connectivity index (χ0v) is 10.5. The standard InChI is InChI=1S/C13H18F3NO/c1-8(18)6-7-11-10(9(2)17)4-3-5-12(11)13(14,15)16/h3-5,8-9,18H,6-7,17H2,1-2H3/t8?,9-/m1/s1. The highest BCUT2D eigenvalue weighted by Crippen LogP contribution is 2.35. The van der Waals surface area contributed by atoms with Gasteiger partial charge in [0.25, 0.3) is 0 Å². The Bertz CT molecular complexity index is 400. The van der Waals surface area contributed by atoms with Crippen LogP contribution in [0.1, 0.15) is 43.0 Å². The molecule has 0 aromatic heterocycles. The lowest BCUT2D eigenvalue weighted by Crippen LogP contribution is -2.16. The molecule has 18 heavy (non-hydrogen) atoms. The molecule has 0 saturated heterocycles. The first kappa shape index (κ1) is 15.0. The third-order valence-electron chi connectivity index (χ3n) is 2.82. The first-order valence-electron chi connectivity index (χ1n) is 5.86. The van der Waals surface area contributed by atoms with Crippen molar-refractivity contribution in [3.8, 4) is 0 Å². The van der Waals surface area contributed by atoms with Crippen LogP contribution in [0.5, 0.6) is 0 Å². The molecule has 1 rings (SSSR count). The molecule has 1 aromatic rings. The van der Waals surface area contributed by atoms with E-state index in [0.29, 0.717) is 5.56 Å². The summed E-state index contributed by atoms with van der Waals surface area (Å²) in [5.74, 6) is 0. The van der Waals surface area contributed by atoms with E-state index in [1.807, 2.05) is 0 Å². The van der Waals surface area contributed by atoms with Crippen LogP contribution in [0.25, 0.3) is 0 Å². The molecule has 0 aliphatic rings. The molecule has 5 heteroatoms.